The maximum absolute atomic E-state index is 6.36. The van der Waals surface area contributed by atoms with Gasteiger partial charge in [-0.25, -0.2) is 0 Å². The van der Waals surface area contributed by atoms with Gasteiger partial charge in [-0.15, -0.1) is 0 Å². The molecule has 0 spiro atoms. The van der Waals surface area contributed by atoms with Crippen LogP contribution in [0.5, 0.6) is 0 Å². The van der Waals surface area contributed by atoms with E-state index in [1.54, 1.807) is 0 Å². The average Bonchev–Trinajstić information content (AvgIpc) is 2.72. The average molecular weight is 213 g/mol. The first-order valence-corrected chi connectivity index (χ1v) is 6.88. The van der Waals surface area contributed by atoms with E-state index in [0.717, 1.165) is 11.8 Å². The van der Waals surface area contributed by atoms with Gasteiger partial charge in [0, 0.05) is 12.1 Å². The van der Waals surface area contributed by atoms with Gasteiger partial charge in [-0.05, 0) is 44.1 Å². The van der Waals surface area contributed by atoms with Gasteiger partial charge in [0.05, 0.1) is 15.7 Å². The number of hydrogen-bond acceptors (Lipinski definition) is 1. The summed E-state index contributed by atoms with van der Waals surface area (Å²) in [7, 11) is 12.7. The number of hydrogen-bond donors (Lipinski definition) is 0. The van der Waals surface area contributed by atoms with Crippen molar-refractivity contribution in [1.29, 1.82) is 0 Å². The van der Waals surface area contributed by atoms with Crippen molar-refractivity contribution in [3.63, 3.8) is 0 Å². The van der Waals surface area contributed by atoms with Crippen LogP contribution in [-0.4, -0.2) is 39.2 Å². The summed E-state index contributed by atoms with van der Waals surface area (Å²) in [4.78, 5) is 2.63. The SMILES string of the molecule is [B]C([B])(C)C12CCCN1CC1CCCCC12. The summed E-state index contributed by atoms with van der Waals surface area (Å²) >= 11 is 0. The molecule has 0 aromatic heterocycles. The van der Waals surface area contributed by atoms with Crippen LogP contribution in [-0.2, 0) is 0 Å². The van der Waals surface area contributed by atoms with Crippen molar-refractivity contribution >= 4 is 15.7 Å². The van der Waals surface area contributed by atoms with Crippen molar-refractivity contribution in [3.05, 3.63) is 0 Å². The Morgan fingerprint density at radius 3 is 2.69 bits per heavy atom. The highest BCUT2D eigenvalue weighted by Gasteiger charge is 2.59. The fourth-order valence-electron chi connectivity index (χ4n) is 4.92. The molecule has 16 heavy (non-hydrogen) atoms. The molecular weight excluding hydrogens is 192 g/mol. The molecule has 2 heterocycles. The molecule has 1 nitrogen and oxygen atoms in total. The lowest BCUT2D eigenvalue weighted by Crippen LogP contribution is -2.53. The van der Waals surface area contributed by atoms with Gasteiger partial charge in [-0.1, -0.05) is 25.0 Å². The normalized spacial score (nSPS) is 44.3. The molecule has 2 aliphatic heterocycles. The first kappa shape index (κ1) is 11.2. The summed E-state index contributed by atoms with van der Waals surface area (Å²) in [6.45, 7) is 4.52. The second-order valence-electron chi connectivity index (χ2n) is 6.41. The van der Waals surface area contributed by atoms with Gasteiger partial charge < -0.3 is 0 Å². The van der Waals surface area contributed by atoms with E-state index in [1.165, 1.54) is 51.6 Å². The number of nitrogens with zero attached hydrogens (tertiary/aromatic N) is 1. The van der Waals surface area contributed by atoms with Gasteiger partial charge >= 0.3 is 0 Å². The Bertz CT molecular complexity index is 286. The summed E-state index contributed by atoms with van der Waals surface area (Å²) in [5, 5.41) is -0.528. The molecule has 0 aromatic carbocycles. The Hall–Kier alpha value is 0.0899. The van der Waals surface area contributed by atoms with Crippen LogP contribution in [0.4, 0.5) is 0 Å². The third-order valence-corrected chi connectivity index (χ3v) is 5.46. The lowest BCUT2D eigenvalue weighted by molar-refractivity contribution is 0.109. The second kappa shape index (κ2) is 3.54. The summed E-state index contributed by atoms with van der Waals surface area (Å²) in [5.74, 6) is 1.64. The van der Waals surface area contributed by atoms with Gasteiger partial charge in [-0.2, -0.15) is 0 Å². The molecule has 3 aliphatic rings. The van der Waals surface area contributed by atoms with E-state index in [9.17, 15) is 0 Å². The molecule has 3 fully saturated rings. The number of fused-ring (bicyclic) bond motifs is 3. The van der Waals surface area contributed by atoms with E-state index in [1.807, 2.05) is 6.92 Å². The van der Waals surface area contributed by atoms with Gasteiger partial charge in [0.15, 0.2) is 0 Å². The Balaban J connectivity index is 1.98. The third kappa shape index (κ3) is 1.30. The quantitative estimate of drug-likeness (QED) is 0.603. The predicted molar refractivity (Wildman–Crippen MR) is 68.9 cm³/mol. The van der Waals surface area contributed by atoms with Crippen LogP contribution in [0.15, 0.2) is 0 Å². The lowest BCUT2D eigenvalue weighted by atomic mass is 9.42. The topological polar surface area (TPSA) is 3.24 Å². The van der Waals surface area contributed by atoms with Crippen molar-refractivity contribution in [2.24, 2.45) is 11.8 Å². The van der Waals surface area contributed by atoms with Gasteiger partial charge in [0.25, 0.3) is 0 Å². The number of rotatable bonds is 1. The zero-order chi connectivity index (χ0) is 11.4. The molecule has 0 amide bonds. The maximum Gasteiger partial charge on any atom is 0.0641 e. The summed E-state index contributed by atoms with van der Waals surface area (Å²) in [5.41, 5.74) is 0.123. The van der Waals surface area contributed by atoms with Gasteiger partial charge in [0.1, 0.15) is 0 Å². The first-order chi connectivity index (χ1) is 7.56. The van der Waals surface area contributed by atoms with Crippen LogP contribution in [0.25, 0.3) is 0 Å². The standard InChI is InChI=1S/C13H21B2N/c1-12(14,15)13-7-4-8-16(13)9-10-5-2-3-6-11(10)13/h10-11H,2-9H2,1H3. The molecule has 1 aliphatic carbocycles. The molecular formula is C13H21B2N. The minimum atomic E-state index is -0.528. The Morgan fingerprint density at radius 2 is 1.94 bits per heavy atom. The molecule has 0 bridgehead atoms. The zero-order valence-electron chi connectivity index (χ0n) is 10.4. The van der Waals surface area contributed by atoms with E-state index >= 15 is 0 Å². The van der Waals surface area contributed by atoms with Crippen molar-refractivity contribution in [2.75, 3.05) is 13.1 Å². The minimum absolute atomic E-state index is 0.123. The summed E-state index contributed by atoms with van der Waals surface area (Å²) < 4.78 is 0. The Morgan fingerprint density at radius 1 is 1.19 bits per heavy atom. The van der Waals surface area contributed by atoms with Crippen molar-refractivity contribution in [3.8, 4) is 0 Å². The van der Waals surface area contributed by atoms with Crippen molar-refractivity contribution in [2.45, 2.75) is 56.2 Å². The molecule has 3 atom stereocenters. The maximum atomic E-state index is 6.36. The lowest BCUT2D eigenvalue weighted by Gasteiger charge is -2.50. The van der Waals surface area contributed by atoms with Crippen molar-refractivity contribution < 1.29 is 0 Å². The largest absolute Gasteiger partial charge is 0.298 e. The van der Waals surface area contributed by atoms with E-state index < -0.39 is 5.21 Å². The highest BCUT2D eigenvalue weighted by atomic mass is 15.3. The molecule has 3 unspecified atom stereocenters. The highest BCUT2D eigenvalue weighted by Crippen LogP contribution is 2.59. The summed E-state index contributed by atoms with van der Waals surface area (Å²) in [6, 6.07) is 0. The van der Waals surface area contributed by atoms with Crippen LogP contribution in [0.1, 0.15) is 45.4 Å². The van der Waals surface area contributed by atoms with Crippen LogP contribution in [0.3, 0.4) is 0 Å². The highest BCUT2D eigenvalue weighted by molar-refractivity contribution is 6.40. The molecule has 3 rings (SSSR count). The predicted octanol–water partition coefficient (Wildman–Crippen LogP) is 2.11. The first-order valence-electron chi connectivity index (χ1n) is 6.88. The van der Waals surface area contributed by atoms with Gasteiger partial charge in [0.2, 0.25) is 0 Å². The molecule has 3 heteroatoms. The summed E-state index contributed by atoms with van der Waals surface area (Å²) in [6.07, 6.45) is 8.05. The minimum Gasteiger partial charge on any atom is -0.298 e. The fourth-order valence-corrected chi connectivity index (χ4v) is 4.92. The molecule has 4 radical (unpaired) electrons. The fraction of sp³-hybridized carbons (Fsp3) is 1.00. The van der Waals surface area contributed by atoms with E-state index in [0.29, 0.717) is 0 Å². The smallest absolute Gasteiger partial charge is 0.0641 e. The molecule has 0 N–H and O–H groups in total. The third-order valence-electron chi connectivity index (χ3n) is 5.46. The van der Waals surface area contributed by atoms with Crippen LogP contribution in [0, 0.1) is 11.8 Å². The second-order valence-corrected chi connectivity index (χ2v) is 6.41. The van der Waals surface area contributed by atoms with Crippen LogP contribution >= 0.6 is 0 Å². The van der Waals surface area contributed by atoms with E-state index in [2.05, 4.69) is 4.90 Å². The van der Waals surface area contributed by atoms with Gasteiger partial charge in [-0.3, -0.25) is 4.90 Å². The Kier molecular flexibility index (Phi) is 2.48. The van der Waals surface area contributed by atoms with E-state index in [-0.39, 0.29) is 5.54 Å². The van der Waals surface area contributed by atoms with Crippen LogP contribution in [0.2, 0.25) is 5.21 Å². The molecule has 2 saturated heterocycles. The monoisotopic (exact) mass is 213 g/mol. The zero-order valence-corrected chi connectivity index (χ0v) is 10.4. The molecule has 0 aromatic rings. The van der Waals surface area contributed by atoms with E-state index in [4.69, 9.17) is 15.7 Å². The van der Waals surface area contributed by atoms with Crippen LogP contribution < -0.4 is 0 Å². The molecule has 1 saturated carbocycles. The Labute approximate surface area is 102 Å². The van der Waals surface area contributed by atoms with Crippen molar-refractivity contribution in [1.82, 2.24) is 4.90 Å². The molecule has 84 valence electrons.